The fourth-order valence-electron chi connectivity index (χ4n) is 1.72. The number of pyridine rings is 1. The Bertz CT molecular complexity index is 527. The van der Waals surface area contributed by atoms with Gasteiger partial charge in [0, 0.05) is 6.20 Å². The Kier molecular flexibility index (Phi) is 3.99. The van der Waals surface area contributed by atoms with Crippen LogP contribution in [0.25, 0.3) is 0 Å². The number of ether oxygens (including phenoxy) is 1. The minimum Gasteiger partial charge on any atom is -0.490 e. The molecule has 0 aliphatic rings. The molecule has 2 aromatic rings. The number of nitrogens with two attached hydrogens (primary N) is 1. The molecule has 0 atom stereocenters. The fraction of sp³-hybridized carbons (Fsp3) is 0.333. The Morgan fingerprint density at radius 3 is 3.06 bits per heavy atom. The van der Waals surface area contributed by atoms with E-state index < -0.39 is 0 Å². The molecule has 0 fully saturated rings. The minimum atomic E-state index is 0.418. The van der Waals surface area contributed by atoms with Gasteiger partial charge in [-0.05, 0) is 29.6 Å². The van der Waals surface area contributed by atoms with E-state index in [4.69, 9.17) is 10.5 Å². The number of anilines is 2. The van der Waals surface area contributed by atoms with Crippen molar-refractivity contribution in [1.82, 2.24) is 9.36 Å². The van der Waals surface area contributed by atoms with E-state index in [-0.39, 0.29) is 0 Å². The third-order valence-electron chi connectivity index (χ3n) is 2.66. The number of nitrogens with zero attached hydrogens (tertiary/aromatic N) is 2. The van der Waals surface area contributed by atoms with Crippen LogP contribution in [0.4, 0.5) is 10.8 Å². The van der Waals surface area contributed by atoms with E-state index in [1.807, 2.05) is 6.07 Å². The predicted molar refractivity (Wildman–Crippen MR) is 74.0 cm³/mol. The normalized spacial score (nSPS) is 10.3. The van der Waals surface area contributed by atoms with Crippen molar-refractivity contribution in [2.24, 2.45) is 0 Å². The molecule has 0 aliphatic carbocycles. The Labute approximate surface area is 110 Å². The second-order valence-electron chi connectivity index (χ2n) is 3.75. The molecule has 96 valence electrons. The third-order valence-corrected chi connectivity index (χ3v) is 3.46. The maximum absolute atomic E-state index is 5.70. The van der Waals surface area contributed by atoms with Crippen LogP contribution in [0.15, 0.2) is 18.3 Å². The van der Waals surface area contributed by atoms with Gasteiger partial charge in [0.15, 0.2) is 16.6 Å². The Morgan fingerprint density at radius 2 is 2.33 bits per heavy atom. The molecule has 0 aliphatic heterocycles. The van der Waals surface area contributed by atoms with Crippen molar-refractivity contribution in [1.29, 1.82) is 0 Å². The molecule has 0 radical (unpaired) electrons. The number of nitrogens with one attached hydrogen (secondary N) is 1. The lowest BCUT2D eigenvalue weighted by Crippen LogP contribution is -2.04. The predicted octanol–water partition coefficient (Wildman–Crippen LogP) is 2.30. The van der Waals surface area contributed by atoms with Crippen LogP contribution < -0.4 is 15.8 Å². The first-order chi connectivity index (χ1) is 8.76. The molecule has 0 bridgehead atoms. The van der Waals surface area contributed by atoms with Crippen LogP contribution in [0.5, 0.6) is 5.75 Å². The Morgan fingerprint density at radius 1 is 1.50 bits per heavy atom. The van der Waals surface area contributed by atoms with Crippen molar-refractivity contribution in [2.45, 2.75) is 19.9 Å². The molecule has 6 heteroatoms. The van der Waals surface area contributed by atoms with Crippen molar-refractivity contribution in [3.05, 3.63) is 29.6 Å². The molecule has 2 rings (SSSR count). The average Bonchev–Trinajstić information content (AvgIpc) is 2.77. The largest absolute Gasteiger partial charge is 0.490 e. The fourth-order valence-corrected chi connectivity index (χ4v) is 2.40. The molecule has 5 nitrogen and oxygen atoms in total. The topological polar surface area (TPSA) is 73.1 Å². The summed E-state index contributed by atoms with van der Waals surface area (Å²) in [5, 5.41) is 4.10. The van der Waals surface area contributed by atoms with Gasteiger partial charge in [0.1, 0.15) is 0 Å². The first kappa shape index (κ1) is 12.6. The lowest BCUT2D eigenvalue weighted by atomic mass is 10.1. The molecular formula is C12H16N4OS. The van der Waals surface area contributed by atoms with Crippen LogP contribution in [-0.4, -0.2) is 16.5 Å². The summed E-state index contributed by atoms with van der Waals surface area (Å²) in [7, 11) is 1.59. The van der Waals surface area contributed by atoms with E-state index in [1.165, 1.54) is 17.1 Å². The zero-order valence-corrected chi connectivity index (χ0v) is 11.3. The summed E-state index contributed by atoms with van der Waals surface area (Å²) >= 11 is 1.29. The van der Waals surface area contributed by atoms with E-state index in [0.29, 0.717) is 18.1 Å². The number of aryl methyl sites for hydroxylation is 1. The van der Waals surface area contributed by atoms with Gasteiger partial charge in [-0.25, -0.2) is 0 Å². The number of hydrogen-bond donors (Lipinski definition) is 2. The quantitative estimate of drug-likeness (QED) is 0.867. The van der Waals surface area contributed by atoms with Gasteiger partial charge >= 0.3 is 0 Å². The van der Waals surface area contributed by atoms with Gasteiger partial charge in [-0.15, -0.1) is 0 Å². The standard InChI is InChI=1S/C12H16N4OS/c1-3-8-5-4-6-14-9(8)7-15-12-10(17-2)11(13)16-18-12/h4-6,15H,3,7H2,1-2H3,(H2,13,16). The molecule has 0 aromatic carbocycles. The van der Waals surface area contributed by atoms with E-state index in [1.54, 1.807) is 13.3 Å². The Balaban J connectivity index is 2.11. The molecular weight excluding hydrogens is 248 g/mol. The smallest absolute Gasteiger partial charge is 0.197 e. The summed E-state index contributed by atoms with van der Waals surface area (Å²) < 4.78 is 9.25. The van der Waals surface area contributed by atoms with Crippen LogP contribution in [-0.2, 0) is 13.0 Å². The van der Waals surface area contributed by atoms with Gasteiger partial charge in [-0.1, -0.05) is 13.0 Å². The van der Waals surface area contributed by atoms with E-state index in [2.05, 4.69) is 27.7 Å². The maximum Gasteiger partial charge on any atom is 0.197 e. The van der Waals surface area contributed by atoms with Crippen LogP contribution in [0.2, 0.25) is 0 Å². The second kappa shape index (κ2) is 5.68. The lowest BCUT2D eigenvalue weighted by molar-refractivity contribution is 0.419. The van der Waals surface area contributed by atoms with E-state index in [9.17, 15) is 0 Å². The zero-order valence-electron chi connectivity index (χ0n) is 10.4. The molecule has 0 saturated carbocycles. The van der Waals surface area contributed by atoms with Crippen LogP contribution >= 0.6 is 11.5 Å². The summed E-state index contributed by atoms with van der Waals surface area (Å²) in [5.41, 5.74) is 7.97. The van der Waals surface area contributed by atoms with Crippen molar-refractivity contribution in [3.8, 4) is 5.75 Å². The van der Waals surface area contributed by atoms with Crippen molar-refractivity contribution < 1.29 is 4.74 Å². The molecule has 3 N–H and O–H groups in total. The first-order valence-corrected chi connectivity index (χ1v) is 6.49. The maximum atomic E-state index is 5.70. The zero-order chi connectivity index (χ0) is 13.0. The van der Waals surface area contributed by atoms with Crippen molar-refractivity contribution in [2.75, 3.05) is 18.2 Å². The molecule has 18 heavy (non-hydrogen) atoms. The van der Waals surface area contributed by atoms with E-state index >= 15 is 0 Å². The monoisotopic (exact) mass is 264 g/mol. The molecule has 0 amide bonds. The summed E-state index contributed by atoms with van der Waals surface area (Å²) in [6.07, 6.45) is 2.77. The van der Waals surface area contributed by atoms with Gasteiger partial charge < -0.3 is 15.8 Å². The van der Waals surface area contributed by atoms with Crippen LogP contribution in [0, 0.1) is 0 Å². The SMILES string of the molecule is CCc1cccnc1CNc1snc(N)c1OC. The lowest BCUT2D eigenvalue weighted by Gasteiger charge is -2.08. The first-order valence-electron chi connectivity index (χ1n) is 5.72. The molecule has 2 aromatic heterocycles. The molecule has 0 saturated heterocycles. The number of hydrogen-bond acceptors (Lipinski definition) is 6. The highest BCUT2D eigenvalue weighted by atomic mass is 32.1. The average molecular weight is 264 g/mol. The van der Waals surface area contributed by atoms with Gasteiger partial charge in [0.2, 0.25) is 0 Å². The summed E-state index contributed by atoms with van der Waals surface area (Å²) in [6, 6.07) is 4.04. The highest BCUT2D eigenvalue weighted by Gasteiger charge is 2.12. The van der Waals surface area contributed by atoms with Gasteiger partial charge in [-0.2, -0.15) is 4.37 Å². The molecule has 0 unspecified atom stereocenters. The van der Waals surface area contributed by atoms with E-state index in [0.717, 1.165) is 17.1 Å². The number of nitrogen functional groups attached to an aromatic ring is 1. The Hall–Kier alpha value is -1.82. The minimum absolute atomic E-state index is 0.418. The summed E-state index contributed by atoms with van der Waals surface area (Å²) in [5.74, 6) is 1.02. The number of rotatable bonds is 5. The number of aromatic nitrogens is 2. The van der Waals surface area contributed by atoms with Gasteiger partial charge in [0.25, 0.3) is 0 Å². The van der Waals surface area contributed by atoms with Crippen molar-refractivity contribution in [3.63, 3.8) is 0 Å². The highest BCUT2D eigenvalue weighted by Crippen LogP contribution is 2.34. The van der Waals surface area contributed by atoms with Crippen LogP contribution in [0.3, 0.4) is 0 Å². The van der Waals surface area contributed by atoms with Crippen LogP contribution in [0.1, 0.15) is 18.2 Å². The third kappa shape index (κ3) is 2.53. The second-order valence-corrected chi connectivity index (χ2v) is 4.52. The highest BCUT2D eigenvalue weighted by molar-refractivity contribution is 7.11. The van der Waals surface area contributed by atoms with Crippen molar-refractivity contribution >= 4 is 22.4 Å². The van der Waals surface area contributed by atoms with Gasteiger partial charge in [0.05, 0.1) is 19.3 Å². The number of methoxy groups -OCH3 is 1. The summed E-state index contributed by atoms with van der Waals surface area (Å²) in [6.45, 7) is 2.76. The summed E-state index contributed by atoms with van der Waals surface area (Å²) in [4.78, 5) is 4.38. The van der Waals surface area contributed by atoms with Gasteiger partial charge in [-0.3, -0.25) is 4.98 Å². The molecule has 0 spiro atoms. The molecule has 2 heterocycles.